The van der Waals surface area contributed by atoms with Crippen molar-refractivity contribution in [3.05, 3.63) is 0 Å². The quantitative estimate of drug-likeness (QED) is 0.602. The van der Waals surface area contributed by atoms with E-state index in [1.807, 2.05) is 6.92 Å². The summed E-state index contributed by atoms with van der Waals surface area (Å²) in [6.45, 7) is 3.21. The van der Waals surface area contributed by atoms with Gasteiger partial charge < -0.3 is 21.1 Å². The molecule has 2 amide bonds. The van der Waals surface area contributed by atoms with Crippen LogP contribution in [0, 0.1) is 0 Å². The van der Waals surface area contributed by atoms with Gasteiger partial charge in [-0.3, -0.25) is 0 Å². The Morgan fingerprint density at radius 3 is 2.93 bits per heavy atom. The maximum absolute atomic E-state index is 11.5. The van der Waals surface area contributed by atoms with Crippen LogP contribution in [0.4, 0.5) is 4.79 Å². The molecule has 4 N–H and O–H groups in total. The van der Waals surface area contributed by atoms with Crippen molar-refractivity contribution in [2.45, 2.75) is 31.8 Å². The van der Waals surface area contributed by atoms with Crippen molar-refractivity contribution >= 4 is 23.2 Å². The number of ether oxygens (including phenoxy) is 1. The van der Waals surface area contributed by atoms with Gasteiger partial charge in [-0.1, -0.05) is 19.1 Å². The molecule has 6 heteroatoms. The monoisotopic (exact) mass is 231 g/mol. The van der Waals surface area contributed by atoms with E-state index in [0.29, 0.717) is 24.6 Å². The first-order valence-corrected chi connectivity index (χ1v) is 5.48. The molecule has 0 aromatic heterocycles. The predicted octanol–water partition coefficient (Wildman–Crippen LogP) is 0.139. The molecule has 0 bridgehead atoms. The fourth-order valence-corrected chi connectivity index (χ4v) is 1.63. The van der Waals surface area contributed by atoms with Gasteiger partial charge in [-0.25, -0.2) is 4.79 Å². The molecule has 0 saturated carbocycles. The number of rotatable bonds is 4. The number of nitrogens with one attached hydrogen (secondary N) is 2. The first-order chi connectivity index (χ1) is 7.13. The summed E-state index contributed by atoms with van der Waals surface area (Å²) >= 11 is 4.83. The second kappa shape index (κ2) is 5.87. The van der Waals surface area contributed by atoms with Gasteiger partial charge in [0.1, 0.15) is 0 Å². The molecule has 0 radical (unpaired) electrons. The zero-order chi connectivity index (χ0) is 11.3. The Morgan fingerprint density at radius 1 is 1.73 bits per heavy atom. The summed E-state index contributed by atoms with van der Waals surface area (Å²) in [6.07, 6.45) is 1.56. The highest BCUT2D eigenvalue weighted by atomic mass is 32.1. The third-order valence-electron chi connectivity index (χ3n) is 2.32. The maximum Gasteiger partial charge on any atom is 0.315 e. The van der Waals surface area contributed by atoms with Crippen molar-refractivity contribution in [1.29, 1.82) is 0 Å². The smallest absolute Gasteiger partial charge is 0.315 e. The predicted molar refractivity (Wildman–Crippen MR) is 61.8 cm³/mol. The standard InChI is InChI=1S/C9H17N3O2S/c1-2-7(8(10)15)12-9(13)11-6-3-4-14-5-6/h6-7H,2-5H2,1H3,(H2,10,15)(H2,11,12,13). The van der Waals surface area contributed by atoms with Crippen LogP contribution in [0.2, 0.25) is 0 Å². The summed E-state index contributed by atoms with van der Waals surface area (Å²) in [4.78, 5) is 11.8. The van der Waals surface area contributed by atoms with Gasteiger partial charge in [0.25, 0.3) is 0 Å². The molecule has 0 aliphatic carbocycles. The van der Waals surface area contributed by atoms with Crippen molar-refractivity contribution in [1.82, 2.24) is 10.6 Å². The van der Waals surface area contributed by atoms with Crippen LogP contribution in [0.15, 0.2) is 0 Å². The number of amides is 2. The van der Waals surface area contributed by atoms with E-state index in [0.717, 1.165) is 6.42 Å². The number of carbonyl (C=O) groups excluding carboxylic acids is 1. The normalized spacial score (nSPS) is 22.1. The second-order valence-corrected chi connectivity index (χ2v) is 4.01. The topological polar surface area (TPSA) is 76.4 Å². The average molecular weight is 231 g/mol. The van der Waals surface area contributed by atoms with Gasteiger partial charge in [0.2, 0.25) is 0 Å². The lowest BCUT2D eigenvalue weighted by molar-refractivity contribution is 0.188. The molecule has 1 fully saturated rings. The molecule has 1 aliphatic heterocycles. The molecule has 0 aromatic rings. The number of thiocarbonyl (C=S) groups is 1. The molecule has 5 nitrogen and oxygen atoms in total. The van der Waals surface area contributed by atoms with Gasteiger partial charge in [0.05, 0.1) is 23.7 Å². The number of hydrogen-bond donors (Lipinski definition) is 3. The van der Waals surface area contributed by atoms with E-state index < -0.39 is 0 Å². The SMILES string of the molecule is CCC(NC(=O)NC1CCOC1)C(N)=S. The average Bonchev–Trinajstić information content (AvgIpc) is 2.66. The van der Waals surface area contributed by atoms with Gasteiger partial charge in [-0.15, -0.1) is 0 Å². The molecule has 0 spiro atoms. The maximum atomic E-state index is 11.5. The first-order valence-electron chi connectivity index (χ1n) is 5.07. The van der Waals surface area contributed by atoms with Crippen LogP contribution in [0.25, 0.3) is 0 Å². The summed E-state index contributed by atoms with van der Waals surface area (Å²) in [7, 11) is 0. The highest BCUT2D eigenvalue weighted by Crippen LogP contribution is 2.02. The lowest BCUT2D eigenvalue weighted by Crippen LogP contribution is -2.50. The number of nitrogens with two attached hydrogens (primary N) is 1. The molecule has 1 aliphatic rings. The lowest BCUT2D eigenvalue weighted by Gasteiger charge is -2.17. The second-order valence-electron chi connectivity index (χ2n) is 3.54. The first kappa shape index (κ1) is 12.2. The minimum Gasteiger partial charge on any atom is -0.392 e. The Labute approximate surface area is 94.7 Å². The molecule has 2 unspecified atom stereocenters. The van der Waals surface area contributed by atoms with Crippen LogP contribution in [-0.4, -0.2) is 36.3 Å². The molecule has 15 heavy (non-hydrogen) atoms. The number of carbonyl (C=O) groups is 1. The zero-order valence-corrected chi connectivity index (χ0v) is 9.60. The van der Waals surface area contributed by atoms with Gasteiger partial charge in [0, 0.05) is 6.61 Å². The summed E-state index contributed by atoms with van der Waals surface area (Å²) in [5.41, 5.74) is 5.47. The molecular weight excluding hydrogens is 214 g/mol. The van der Waals surface area contributed by atoms with Crippen molar-refractivity contribution < 1.29 is 9.53 Å². The van der Waals surface area contributed by atoms with E-state index >= 15 is 0 Å². The Morgan fingerprint density at radius 2 is 2.47 bits per heavy atom. The van der Waals surface area contributed by atoms with Crippen molar-refractivity contribution in [2.24, 2.45) is 5.73 Å². The van der Waals surface area contributed by atoms with Crippen LogP contribution < -0.4 is 16.4 Å². The van der Waals surface area contributed by atoms with Crippen LogP contribution in [0.3, 0.4) is 0 Å². The highest BCUT2D eigenvalue weighted by molar-refractivity contribution is 7.80. The zero-order valence-electron chi connectivity index (χ0n) is 8.79. The minimum atomic E-state index is -0.234. The Kier molecular flexibility index (Phi) is 4.77. The Hall–Kier alpha value is -0.880. The van der Waals surface area contributed by atoms with Gasteiger partial charge >= 0.3 is 6.03 Å². The minimum absolute atomic E-state index is 0.105. The Bertz CT molecular complexity index is 242. The molecule has 2 atom stereocenters. The van der Waals surface area contributed by atoms with E-state index in [1.165, 1.54) is 0 Å². The summed E-state index contributed by atoms with van der Waals surface area (Å²) in [5, 5.41) is 5.53. The van der Waals surface area contributed by atoms with E-state index in [1.54, 1.807) is 0 Å². The fourth-order valence-electron chi connectivity index (χ4n) is 1.41. The third kappa shape index (κ3) is 4.01. The summed E-state index contributed by atoms with van der Waals surface area (Å²) in [6, 6.07) is -0.360. The van der Waals surface area contributed by atoms with Gasteiger partial charge in [-0.05, 0) is 12.8 Å². The van der Waals surface area contributed by atoms with Crippen molar-refractivity contribution in [3.8, 4) is 0 Å². The van der Waals surface area contributed by atoms with Crippen LogP contribution in [-0.2, 0) is 4.74 Å². The molecule has 0 aromatic carbocycles. The van der Waals surface area contributed by atoms with Gasteiger partial charge in [0.15, 0.2) is 0 Å². The van der Waals surface area contributed by atoms with Gasteiger partial charge in [-0.2, -0.15) is 0 Å². The van der Waals surface area contributed by atoms with Crippen molar-refractivity contribution in [3.63, 3.8) is 0 Å². The summed E-state index contributed by atoms with van der Waals surface area (Å²) in [5.74, 6) is 0. The molecular formula is C9H17N3O2S. The van der Waals surface area contributed by atoms with E-state index in [2.05, 4.69) is 10.6 Å². The van der Waals surface area contributed by atoms with E-state index in [4.69, 9.17) is 22.7 Å². The van der Waals surface area contributed by atoms with E-state index in [9.17, 15) is 4.79 Å². The Balaban J connectivity index is 2.30. The molecule has 1 rings (SSSR count). The van der Waals surface area contributed by atoms with Crippen LogP contribution >= 0.6 is 12.2 Å². The number of urea groups is 1. The molecule has 86 valence electrons. The van der Waals surface area contributed by atoms with Crippen LogP contribution in [0.5, 0.6) is 0 Å². The third-order valence-corrected chi connectivity index (χ3v) is 2.61. The van der Waals surface area contributed by atoms with Crippen molar-refractivity contribution in [2.75, 3.05) is 13.2 Å². The largest absolute Gasteiger partial charge is 0.392 e. The number of hydrogen-bond acceptors (Lipinski definition) is 3. The fraction of sp³-hybridized carbons (Fsp3) is 0.778. The lowest BCUT2D eigenvalue weighted by atomic mass is 10.2. The molecule has 1 saturated heterocycles. The molecule has 1 heterocycles. The van der Waals surface area contributed by atoms with Crippen LogP contribution in [0.1, 0.15) is 19.8 Å². The summed E-state index contributed by atoms with van der Waals surface area (Å²) < 4.78 is 5.14. The van der Waals surface area contributed by atoms with E-state index in [-0.39, 0.29) is 18.1 Å². The highest BCUT2D eigenvalue weighted by Gasteiger charge is 2.19.